The van der Waals surface area contributed by atoms with E-state index in [2.05, 4.69) is 20.7 Å². The van der Waals surface area contributed by atoms with Crippen LogP contribution in [-0.4, -0.2) is 26.1 Å². The number of ether oxygens (including phenoxy) is 1. The van der Waals surface area contributed by atoms with Gasteiger partial charge in [-0.25, -0.2) is 17.9 Å². The molecule has 0 unspecified atom stereocenters. The monoisotopic (exact) mass is 507 g/mol. The molecule has 0 bridgehead atoms. The Morgan fingerprint density at radius 1 is 1.27 bits per heavy atom. The predicted molar refractivity (Wildman–Crippen MR) is 105 cm³/mol. The normalized spacial score (nSPS) is 16.7. The molecule has 2 aromatic carbocycles. The fourth-order valence-corrected chi connectivity index (χ4v) is 5.31. The number of nitrogens with one attached hydrogen (secondary N) is 1. The van der Waals surface area contributed by atoms with E-state index in [9.17, 15) is 26.4 Å². The fourth-order valence-electron chi connectivity index (χ4n) is 3.35. The molecule has 2 N–H and O–H groups in total. The lowest BCUT2D eigenvalue weighted by Gasteiger charge is -2.27. The number of carboxylic acid groups (broad SMARTS) is 1. The number of fused-ring (bicyclic) bond motifs is 1. The third-order valence-corrected chi connectivity index (χ3v) is 6.53. The van der Waals surface area contributed by atoms with Gasteiger partial charge in [-0.05, 0) is 54.7 Å². The zero-order valence-electron chi connectivity index (χ0n) is 15.4. The number of halogens is 4. The van der Waals surface area contributed by atoms with Crippen LogP contribution in [0.15, 0.2) is 45.8 Å². The Balaban J connectivity index is 1.92. The number of alkyl halides is 3. The van der Waals surface area contributed by atoms with E-state index in [4.69, 9.17) is 9.84 Å². The van der Waals surface area contributed by atoms with Gasteiger partial charge in [-0.1, -0.05) is 28.1 Å². The van der Waals surface area contributed by atoms with Crippen LogP contribution in [0, 0.1) is 0 Å². The molecule has 6 nitrogen and oxygen atoms in total. The second-order valence-corrected chi connectivity index (χ2v) is 9.38. The quantitative estimate of drug-likeness (QED) is 0.608. The minimum atomic E-state index is -4.69. The van der Waals surface area contributed by atoms with Crippen LogP contribution in [0.3, 0.4) is 0 Å². The summed E-state index contributed by atoms with van der Waals surface area (Å²) in [5, 5.41) is 8.81. The summed E-state index contributed by atoms with van der Waals surface area (Å²) in [5.41, 5.74) is 0.215. The van der Waals surface area contributed by atoms with Gasteiger partial charge in [-0.15, -0.1) is 0 Å². The lowest BCUT2D eigenvalue weighted by molar-refractivity contribution is -0.139. The number of sulfonamides is 1. The summed E-state index contributed by atoms with van der Waals surface area (Å²) in [6, 6.07) is 6.72. The zero-order chi connectivity index (χ0) is 22.1. The van der Waals surface area contributed by atoms with Gasteiger partial charge in [0.05, 0.1) is 10.5 Å². The van der Waals surface area contributed by atoms with Crippen LogP contribution in [-0.2, 0) is 27.4 Å². The second-order valence-electron chi connectivity index (χ2n) is 6.75. The molecule has 0 spiro atoms. The van der Waals surface area contributed by atoms with E-state index >= 15 is 0 Å². The molecule has 0 amide bonds. The standard InChI is InChI=1S/C19H17BrF3NO5S/c20-12-7-11(19(21,22)23)8-13(9-12)30(27,28)24-16-5-1-4-15-14(16)3-2-6-17(15)29-10-18(25)26/h2-3,6-9,16,24H,1,4-5,10H2,(H,25,26)/t16-/m1/s1. The van der Waals surface area contributed by atoms with Crippen LogP contribution >= 0.6 is 15.9 Å². The first-order valence-electron chi connectivity index (χ1n) is 8.84. The van der Waals surface area contributed by atoms with Crippen LogP contribution in [0.5, 0.6) is 5.75 Å². The highest BCUT2D eigenvalue weighted by molar-refractivity contribution is 9.10. The van der Waals surface area contributed by atoms with E-state index in [0.29, 0.717) is 42.2 Å². The van der Waals surface area contributed by atoms with Crippen molar-refractivity contribution >= 4 is 31.9 Å². The van der Waals surface area contributed by atoms with Crippen LogP contribution in [0.2, 0.25) is 0 Å². The molecule has 0 radical (unpaired) electrons. The van der Waals surface area contributed by atoms with Gasteiger partial charge in [0.25, 0.3) is 0 Å². The Kier molecular flexibility index (Phi) is 6.44. The minimum Gasteiger partial charge on any atom is -0.482 e. The number of hydrogen-bond acceptors (Lipinski definition) is 4. The third kappa shape index (κ3) is 5.13. The van der Waals surface area contributed by atoms with Gasteiger partial charge in [-0.2, -0.15) is 13.2 Å². The molecule has 11 heteroatoms. The molecule has 0 fully saturated rings. The Morgan fingerprint density at radius 2 is 2.00 bits per heavy atom. The lowest BCUT2D eigenvalue weighted by Crippen LogP contribution is -2.31. The van der Waals surface area contributed by atoms with Crippen molar-refractivity contribution in [2.45, 2.75) is 36.4 Å². The van der Waals surface area contributed by atoms with E-state index < -0.39 is 45.3 Å². The minimum absolute atomic E-state index is 0.00824. The number of carboxylic acids is 1. The Bertz CT molecular complexity index is 1070. The van der Waals surface area contributed by atoms with E-state index in [1.165, 1.54) is 0 Å². The Hall–Kier alpha value is -2.11. The molecule has 1 atom stereocenters. The summed E-state index contributed by atoms with van der Waals surface area (Å²) >= 11 is 2.93. The van der Waals surface area contributed by atoms with E-state index in [0.717, 1.165) is 12.1 Å². The summed E-state index contributed by atoms with van der Waals surface area (Å²) in [6.07, 6.45) is -3.09. The second kappa shape index (κ2) is 8.56. The topological polar surface area (TPSA) is 92.7 Å². The van der Waals surface area contributed by atoms with Crippen molar-refractivity contribution in [3.63, 3.8) is 0 Å². The maximum absolute atomic E-state index is 13.1. The number of benzene rings is 2. The molecule has 2 aromatic rings. The average molecular weight is 508 g/mol. The average Bonchev–Trinajstić information content (AvgIpc) is 2.65. The van der Waals surface area contributed by atoms with Gasteiger partial charge < -0.3 is 9.84 Å². The lowest BCUT2D eigenvalue weighted by atomic mass is 9.87. The summed E-state index contributed by atoms with van der Waals surface area (Å²) in [5.74, 6) is -0.795. The SMILES string of the molecule is O=C(O)COc1cccc2c1CCC[C@H]2NS(=O)(=O)c1cc(Br)cc(C(F)(F)F)c1. The van der Waals surface area contributed by atoms with Crippen LogP contribution in [0.1, 0.15) is 35.6 Å². The molecule has 0 saturated carbocycles. The van der Waals surface area contributed by atoms with Crippen molar-refractivity contribution in [1.29, 1.82) is 0 Å². The first-order valence-corrected chi connectivity index (χ1v) is 11.1. The molecule has 0 saturated heterocycles. The smallest absolute Gasteiger partial charge is 0.416 e. The van der Waals surface area contributed by atoms with E-state index in [-0.39, 0.29) is 4.47 Å². The van der Waals surface area contributed by atoms with Crippen molar-refractivity contribution in [1.82, 2.24) is 4.72 Å². The summed E-state index contributed by atoms with van der Waals surface area (Å²) < 4.78 is 72.6. The molecule has 30 heavy (non-hydrogen) atoms. The largest absolute Gasteiger partial charge is 0.482 e. The number of carbonyl (C=O) groups is 1. The van der Waals surface area contributed by atoms with Crippen LogP contribution in [0.4, 0.5) is 13.2 Å². The maximum atomic E-state index is 13.1. The maximum Gasteiger partial charge on any atom is 0.416 e. The summed E-state index contributed by atoms with van der Waals surface area (Å²) in [7, 11) is -4.26. The van der Waals surface area contributed by atoms with Crippen molar-refractivity contribution in [3.05, 3.63) is 57.6 Å². The molecule has 0 aliphatic heterocycles. The van der Waals surface area contributed by atoms with Gasteiger partial charge in [0.2, 0.25) is 10.0 Å². The van der Waals surface area contributed by atoms with Crippen LogP contribution in [0.25, 0.3) is 0 Å². The molecule has 1 aliphatic carbocycles. The van der Waals surface area contributed by atoms with Crippen molar-refractivity contribution in [2.24, 2.45) is 0 Å². The number of aliphatic carboxylic acids is 1. The zero-order valence-corrected chi connectivity index (χ0v) is 17.8. The van der Waals surface area contributed by atoms with Gasteiger partial charge in [-0.3, -0.25) is 0 Å². The summed E-state index contributed by atoms with van der Waals surface area (Å²) in [4.78, 5) is 10.3. The van der Waals surface area contributed by atoms with E-state index in [1.807, 2.05) is 0 Å². The predicted octanol–water partition coefficient (Wildman–Crippen LogP) is 4.29. The Morgan fingerprint density at radius 3 is 2.67 bits per heavy atom. The van der Waals surface area contributed by atoms with E-state index in [1.54, 1.807) is 18.2 Å². The highest BCUT2D eigenvalue weighted by atomic mass is 79.9. The molecule has 0 aromatic heterocycles. The first-order chi connectivity index (χ1) is 14.0. The molecule has 3 rings (SSSR count). The highest BCUT2D eigenvalue weighted by Crippen LogP contribution is 2.37. The van der Waals surface area contributed by atoms with Gasteiger partial charge in [0.15, 0.2) is 6.61 Å². The van der Waals surface area contributed by atoms with Gasteiger partial charge in [0.1, 0.15) is 5.75 Å². The molecule has 0 heterocycles. The third-order valence-electron chi connectivity index (χ3n) is 4.62. The van der Waals surface area contributed by atoms with Crippen molar-refractivity contribution in [3.8, 4) is 5.75 Å². The number of hydrogen-bond donors (Lipinski definition) is 2. The highest BCUT2D eigenvalue weighted by Gasteiger charge is 2.33. The van der Waals surface area contributed by atoms with Crippen LogP contribution < -0.4 is 9.46 Å². The number of rotatable bonds is 6. The molecular weight excluding hydrogens is 491 g/mol. The van der Waals surface area contributed by atoms with Crippen molar-refractivity contribution in [2.75, 3.05) is 6.61 Å². The fraction of sp³-hybridized carbons (Fsp3) is 0.316. The van der Waals surface area contributed by atoms with Gasteiger partial charge in [0, 0.05) is 10.5 Å². The first kappa shape index (κ1) is 22.6. The van der Waals surface area contributed by atoms with Crippen molar-refractivity contribution < 1.29 is 36.2 Å². The van der Waals surface area contributed by atoms with Gasteiger partial charge >= 0.3 is 12.1 Å². The molecule has 1 aliphatic rings. The molecular formula is C19H17BrF3NO5S. The Labute approximate surface area is 179 Å². The summed E-state index contributed by atoms with van der Waals surface area (Å²) in [6.45, 7) is -0.537. The molecule has 162 valence electrons.